The van der Waals surface area contributed by atoms with E-state index in [-0.39, 0.29) is 11.5 Å². The third-order valence-electron chi connectivity index (χ3n) is 16.2. The summed E-state index contributed by atoms with van der Waals surface area (Å²) in [6.07, 6.45) is 45.4. The number of hydrogen-bond acceptors (Lipinski definition) is 12. The van der Waals surface area contributed by atoms with Gasteiger partial charge in [0.05, 0.1) is 114 Å². The second-order valence-corrected chi connectivity index (χ2v) is 22.5. The minimum Gasteiger partial charge on any atom is -0.502 e. The maximum Gasteiger partial charge on any atom is 0.132 e. The first-order valence-electron chi connectivity index (χ1n) is 31.5. The summed E-state index contributed by atoms with van der Waals surface area (Å²) in [7, 11) is 0. The normalized spacial score (nSPS) is 17.2. The van der Waals surface area contributed by atoms with Gasteiger partial charge in [-0.15, -0.1) is 0 Å². The number of ether oxygens (including phenoxy) is 12. The van der Waals surface area contributed by atoms with Gasteiger partial charge in [0, 0.05) is 5.41 Å². The van der Waals surface area contributed by atoms with Gasteiger partial charge in [0.2, 0.25) is 0 Å². The van der Waals surface area contributed by atoms with E-state index in [2.05, 4.69) is 127 Å². The molecule has 2 saturated carbocycles. The molecule has 12 heteroatoms. The van der Waals surface area contributed by atoms with E-state index in [1.165, 1.54) is 165 Å². The molecule has 0 radical (unpaired) electrons. The molecule has 0 N–H and O–H groups in total. The van der Waals surface area contributed by atoms with Crippen LogP contribution in [-0.4, -0.2) is 77.8 Å². The van der Waals surface area contributed by atoms with E-state index < -0.39 is 5.41 Å². The number of hydrogen-bond donors (Lipinski definition) is 0. The zero-order valence-electron chi connectivity index (χ0n) is 54.8. The zero-order valence-corrected chi connectivity index (χ0v) is 54.8. The van der Waals surface area contributed by atoms with Gasteiger partial charge in [-0.25, -0.2) is 0 Å². The van der Waals surface area contributed by atoms with Gasteiger partial charge in [-0.3, -0.25) is 0 Å². The molecule has 3 unspecified atom stereocenters. The maximum absolute atomic E-state index is 5.57. The zero-order chi connectivity index (χ0) is 63.4. The molecular weight excluding hydrogens is 1060 g/mol. The predicted molar refractivity (Wildman–Crippen MR) is 353 cm³/mol. The highest BCUT2D eigenvalue weighted by atomic mass is 16.5. The van der Waals surface area contributed by atoms with Crippen molar-refractivity contribution < 1.29 is 56.8 Å². The van der Waals surface area contributed by atoms with Crippen molar-refractivity contribution in [3.05, 3.63) is 154 Å². The molecule has 0 amide bonds. The summed E-state index contributed by atoms with van der Waals surface area (Å²) >= 11 is 0. The molecule has 0 aromatic heterocycles. The molecule has 0 bridgehead atoms. The summed E-state index contributed by atoms with van der Waals surface area (Å²) in [5.74, 6) is 2.87. The summed E-state index contributed by atoms with van der Waals surface area (Å²) in [6, 6.07) is 0. The summed E-state index contributed by atoms with van der Waals surface area (Å²) in [5, 5.41) is 0. The highest BCUT2D eigenvalue weighted by molar-refractivity contribution is 4.92. The van der Waals surface area contributed by atoms with E-state index >= 15 is 0 Å². The van der Waals surface area contributed by atoms with E-state index in [0.717, 1.165) is 63.6 Å². The quantitative estimate of drug-likeness (QED) is 0.0427. The minimum atomic E-state index is -0.468. The van der Waals surface area contributed by atoms with E-state index in [0.29, 0.717) is 75.7 Å². The fourth-order valence-corrected chi connectivity index (χ4v) is 10.5. The minimum absolute atomic E-state index is 0.110. The lowest BCUT2D eigenvalue weighted by atomic mass is 9.60. The van der Waals surface area contributed by atoms with Crippen LogP contribution in [0.25, 0.3) is 0 Å². The first-order chi connectivity index (χ1) is 40.7. The van der Waals surface area contributed by atoms with Crippen LogP contribution in [0.2, 0.25) is 0 Å². The predicted octanol–water partition coefficient (Wildman–Crippen LogP) is 20.1. The lowest BCUT2D eigenvalue weighted by molar-refractivity contribution is -0.0471. The van der Waals surface area contributed by atoms with E-state index in [9.17, 15) is 0 Å². The van der Waals surface area contributed by atoms with Gasteiger partial charge in [-0.1, -0.05) is 185 Å². The highest BCUT2D eigenvalue weighted by Crippen LogP contribution is 2.49. The molecule has 0 aliphatic heterocycles. The molecule has 2 aliphatic rings. The fourth-order valence-electron chi connectivity index (χ4n) is 10.5. The lowest BCUT2D eigenvalue weighted by Gasteiger charge is -2.46. The molecular formula is C72H126O12. The maximum atomic E-state index is 5.57. The molecule has 0 spiro atoms. The van der Waals surface area contributed by atoms with Crippen molar-refractivity contribution in [3.63, 3.8) is 0 Å². The van der Waals surface area contributed by atoms with Crippen LogP contribution in [0, 0.1) is 39.9 Å². The van der Waals surface area contributed by atoms with Crippen molar-refractivity contribution in [1.29, 1.82) is 0 Å². The Kier molecular flexibility index (Phi) is 57.0. The van der Waals surface area contributed by atoms with Crippen LogP contribution >= 0.6 is 0 Å². The van der Waals surface area contributed by atoms with Crippen molar-refractivity contribution >= 4 is 0 Å². The largest absolute Gasteiger partial charge is 0.502 e. The Balaban J connectivity index is -0.000000984. The van der Waals surface area contributed by atoms with Gasteiger partial charge in [-0.05, 0) is 113 Å². The highest BCUT2D eigenvalue weighted by Gasteiger charge is 2.41. The number of unbranched alkanes of at least 4 members (excludes halogenated alkanes) is 6. The molecule has 12 nitrogen and oxygen atoms in total. The van der Waals surface area contributed by atoms with Crippen molar-refractivity contribution in [3.8, 4) is 0 Å². The summed E-state index contributed by atoms with van der Waals surface area (Å²) in [5.41, 5.74) is 0.0848. The first-order valence-corrected chi connectivity index (χ1v) is 31.5. The third kappa shape index (κ3) is 42.3. The fraction of sp³-hybridized carbons (Fsp3) is 0.667. The van der Waals surface area contributed by atoms with Crippen LogP contribution in [-0.2, 0) is 56.8 Å². The molecule has 2 fully saturated rings. The van der Waals surface area contributed by atoms with Crippen LogP contribution in [0.4, 0.5) is 0 Å². The van der Waals surface area contributed by atoms with Crippen LogP contribution in [0.15, 0.2) is 154 Å². The molecule has 84 heavy (non-hydrogen) atoms. The smallest absolute Gasteiger partial charge is 0.132 e. The Morgan fingerprint density at radius 3 is 1.05 bits per heavy atom. The Hall–Kier alpha value is -5.52. The molecule has 0 aromatic carbocycles. The lowest BCUT2D eigenvalue weighted by Crippen LogP contribution is -2.40. The average Bonchev–Trinajstić information content (AvgIpc) is 3.54. The van der Waals surface area contributed by atoms with Crippen molar-refractivity contribution in [2.24, 2.45) is 39.9 Å². The molecule has 0 aromatic rings. The Bertz CT molecular complexity index is 1510. The van der Waals surface area contributed by atoms with E-state index in [4.69, 9.17) is 56.8 Å². The summed E-state index contributed by atoms with van der Waals surface area (Å²) in [6.45, 7) is 63.6. The van der Waals surface area contributed by atoms with Crippen molar-refractivity contribution in [2.45, 2.75) is 208 Å². The van der Waals surface area contributed by atoms with Crippen molar-refractivity contribution in [2.75, 3.05) is 59.5 Å². The molecule has 2 aliphatic carbocycles. The molecule has 0 saturated heterocycles. The monoisotopic (exact) mass is 1180 g/mol. The van der Waals surface area contributed by atoms with E-state index in [1.54, 1.807) is 12.5 Å². The second kappa shape index (κ2) is 57.9. The van der Waals surface area contributed by atoms with Crippen LogP contribution in [0.1, 0.15) is 190 Å². The van der Waals surface area contributed by atoms with Crippen molar-refractivity contribution in [1.82, 2.24) is 0 Å². The molecule has 486 valence electrons. The molecule has 2 rings (SSSR count). The molecule has 0 heterocycles. The van der Waals surface area contributed by atoms with Gasteiger partial charge in [0.15, 0.2) is 0 Å². The van der Waals surface area contributed by atoms with E-state index in [1.807, 2.05) is 0 Å². The van der Waals surface area contributed by atoms with Gasteiger partial charge >= 0.3 is 0 Å². The third-order valence-corrected chi connectivity index (χ3v) is 16.2. The van der Waals surface area contributed by atoms with Gasteiger partial charge in [-0.2, -0.15) is 0 Å². The Morgan fingerprint density at radius 1 is 0.381 bits per heavy atom. The average molecular weight is 1180 g/mol. The van der Waals surface area contributed by atoms with Crippen LogP contribution in [0.5, 0.6) is 0 Å². The Morgan fingerprint density at radius 2 is 0.726 bits per heavy atom. The van der Waals surface area contributed by atoms with Crippen LogP contribution < -0.4 is 0 Å². The first kappa shape index (κ1) is 82.7. The van der Waals surface area contributed by atoms with Gasteiger partial charge in [0.1, 0.15) is 44.6 Å². The summed E-state index contributed by atoms with van der Waals surface area (Å²) in [4.78, 5) is 0. The summed E-state index contributed by atoms with van der Waals surface area (Å²) < 4.78 is 63.6. The second-order valence-electron chi connectivity index (χ2n) is 22.5. The SMILES string of the molecule is C=COC1CCC(C(C)(C)C2CCC(OC=C)CC2)CC1.C=COCC(CC)(CCCC)COC=C.C=COCC(CC)CC(CC)COC=C.C=COCC(CCCCCCCC)OC=C.C=COCC(COC=C)(COC=C)COC=C. The standard InChI is InChI=1S/C19H32O2.C14H26O2.C13H20O4.2C13H24O2/c1-5-20-17-11-7-15(8-12-17)19(3,4)16-9-13-18(14-10-16)21-6-2;1-4-7-8-9-10-11-12-14(16-6-3)13-15-5-2;1-5-14-9-13(10-15-6-2,11-16-7-3)12-17-8-4;1-5-12(10-14-7-3)9-13(6-2)11-15-8-4;1-5-9-10-13(6-2,11-14-7-3)12-15-8-4/h5-6,15-18H,1-2,7-14H2,3-4H3;5-6,14H,2-4,7-13H2,1H3;5-8H,1-4,9-12H2;7-8,12-13H,3-6,9-11H2,1-2H3;7-8H,3-6,9-12H2,1-2H3. The number of rotatable bonds is 50. The molecule has 3 atom stereocenters. The topological polar surface area (TPSA) is 111 Å². The van der Waals surface area contributed by atoms with Gasteiger partial charge < -0.3 is 56.8 Å². The van der Waals surface area contributed by atoms with Gasteiger partial charge in [0.25, 0.3) is 0 Å². The Labute approximate surface area is 516 Å². The van der Waals surface area contributed by atoms with Crippen LogP contribution in [0.3, 0.4) is 0 Å².